The van der Waals surface area contributed by atoms with Crippen molar-refractivity contribution in [3.05, 3.63) is 12.2 Å². The second-order valence-electron chi connectivity index (χ2n) is 2.84. The van der Waals surface area contributed by atoms with Gasteiger partial charge in [-0.15, -0.1) is 0 Å². The molecule has 0 radical (unpaired) electrons. The predicted molar refractivity (Wildman–Crippen MR) is 48.7 cm³/mol. The van der Waals surface area contributed by atoms with Crippen LogP contribution in [0.15, 0.2) is 12.2 Å². The van der Waals surface area contributed by atoms with Gasteiger partial charge in [-0.2, -0.15) is 18.4 Å². The molecule has 0 aromatic heterocycles. The monoisotopic (exact) mass is 241 g/mol. The van der Waals surface area contributed by atoms with Crippen LogP contribution in [0.1, 0.15) is 12.8 Å². The molecule has 0 aliphatic rings. The molecule has 0 fully saturated rings. The van der Waals surface area contributed by atoms with Crippen molar-refractivity contribution in [1.82, 2.24) is 0 Å². The summed E-state index contributed by atoms with van der Waals surface area (Å²) < 4.78 is 56.7. The van der Waals surface area contributed by atoms with Crippen LogP contribution in [-0.4, -0.2) is 26.1 Å². The van der Waals surface area contributed by atoms with Gasteiger partial charge in [-0.05, 0) is 6.42 Å². The highest BCUT2D eigenvalue weighted by molar-refractivity contribution is 7.91. The molecule has 7 heteroatoms. The van der Waals surface area contributed by atoms with Crippen molar-refractivity contribution in [1.29, 1.82) is 5.26 Å². The van der Waals surface area contributed by atoms with Gasteiger partial charge in [0.25, 0.3) is 0 Å². The zero-order valence-corrected chi connectivity index (χ0v) is 8.61. The first-order valence-corrected chi connectivity index (χ1v) is 5.88. The third-order valence-corrected chi connectivity index (χ3v) is 2.67. The average Bonchev–Trinajstić information content (AvgIpc) is 2.00. The lowest BCUT2D eigenvalue weighted by atomic mass is 10.3. The Balaban J connectivity index is 3.88. The number of hydrogen-bond donors (Lipinski definition) is 0. The number of nitriles is 1. The Bertz CT molecular complexity index is 351. The standard InChI is InChI=1S/C8H10F3NO2S/c9-8(10,11)4-2-1-3-6-15(13,14)7-5-12/h1,3H,2,4,6-7H2. The highest BCUT2D eigenvalue weighted by atomic mass is 32.2. The first-order chi connectivity index (χ1) is 6.77. The van der Waals surface area contributed by atoms with Gasteiger partial charge in [-0.3, -0.25) is 0 Å². The molecule has 0 rings (SSSR count). The molecule has 0 saturated heterocycles. The minimum absolute atomic E-state index is 0.244. The summed E-state index contributed by atoms with van der Waals surface area (Å²) in [6.45, 7) is 0. The van der Waals surface area contributed by atoms with E-state index in [1.165, 1.54) is 6.07 Å². The summed E-state index contributed by atoms with van der Waals surface area (Å²) in [6, 6.07) is 1.47. The largest absolute Gasteiger partial charge is 0.389 e. The SMILES string of the molecule is N#CCS(=O)(=O)CC=CCCC(F)(F)F. The van der Waals surface area contributed by atoms with Crippen molar-refractivity contribution < 1.29 is 21.6 Å². The molecule has 0 unspecified atom stereocenters. The summed E-state index contributed by atoms with van der Waals surface area (Å²) in [7, 11) is -3.48. The lowest BCUT2D eigenvalue weighted by Crippen LogP contribution is -2.08. The number of alkyl halides is 3. The molecule has 0 spiro atoms. The fourth-order valence-corrected chi connectivity index (χ4v) is 1.48. The predicted octanol–water partition coefficient (Wildman–Crippen LogP) is 1.82. The van der Waals surface area contributed by atoms with Gasteiger partial charge in [-0.1, -0.05) is 12.2 Å². The molecule has 0 N–H and O–H groups in total. The van der Waals surface area contributed by atoms with Gasteiger partial charge in [-0.25, -0.2) is 8.42 Å². The van der Waals surface area contributed by atoms with E-state index < -0.39 is 33.9 Å². The quantitative estimate of drug-likeness (QED) is 0.690. The van der Waals surface area contributed by atoms with Crippen LogP contribution >= 0.6 is 0 Å². The molecule has 0 aromatic rings. The lowest BCUT2D eigenvalue weighted by Gasteiger charge is -2.01. The van der Waals surface area contributed by atoms with Crippen LogP contribution in [0.2, 0.25) is 0 Å². The van der Waals surface area contributed by atoms with Gasteiger partial charge in [0, 0.05) is 6.42 Å². The van der Waals surface area contributed by atoms with Crippen molar-refractivity contribution in [3.63, 3.8) is 0 Å². The molecule has 86 valence electrons. The molecule has 0 aliphatic heterocycles. The molecule has 0 saturated carbocycles. The van der Waals surface area contributed by atoms with E-state index in [2.05, 4.69) is 0 Å². The van der Waals surface area contributed by atoms with Crippen LogP contribution in [0.3, 0.4) is 0 Å². The Morgan fingerprint density at radius 3 is 2.33 bits per heavy atom. The second kappa shape index (κ2) is 5.75. The number of halogens is 3. The van der Waals surface area contributed by atoms with Crippen LogP contribution in [0.4, 0.5) is 13.2 Å². The van der Waals surface area contributed by atoms with Gasteiger partial charge in [0.1, 0.15) is 5.75 Å². The van der Waals surface area contributed by atoms with Crippen LogP contribution in [0.5, 0.6) is 0 Å². The Labute approximate surface area is 86.1 Å². The highest BCUT2D eigenvalue weighted by Crippen LogP contribution is 2.21. The number of allylic oxidation sites excluding steroid dienone is 1. The third kappa shape index (κ3) is 9.28. The Morgan fingerprint density at radius 2 is 1.87 bits per heavy atom. The zero-order chi connectivity index (χ0) is 11.9. The molecular weight excluding hydrogens is 231 g/mol. The first-order valence-electron chi connectivity index (χ1n) is 4.06. The van der Waals surface area contributed by atoms with E-state index in [1.807, 2.05) is 0 Å². The summed E-state index contributed by atoms with van der Waals surface area (Å²) in [5, 5.41) is 8.11. The minimum atomic E-state index is -4.23. The third-order valence-electron chi connectivity index (χ3n) is 1.40. The molecule has 3 nitrogen and oxygen atoms in total. The Hall–Kier alpha value is -1.03. The first kappa shape index (κ1) is 14.0. The van der Waals surface area contributed by atoms with E-state index in [-0.39, 0.29) is 6.42 Å². The number of hydrogen-bond acceptors (Lipinski definition) is 3. The molecule has 0 heterocycles. The highest BCUT2D eigenvalue weighted by Gasteiger charge is 2.25. The van der Waals surface area contributed by atoms with Crippen molar-refractivity contribution in [3.8, 4) is 6.07 Å². The van der Waals surface area contributed by atoms with Gasteiger partial charge < -0.3 is 0 Å². The molecule has 0 bridgehead atoms. The Kier molecular flexibility index (Phi) is 5.36. The van der Waals surface area contributed by atoms with E-state index in [9.17, 15) is 21.6 Å². The van der Waals surface area contributed by atoms with Gasteiger partial charge in [0.2, 0.25) is 0 Å². The minimum Gasteiger partial charge on any atom is -0.227 e. The van der Waals surface area contributed by atoms with E-state index in [1.54, 1.807) is 0 Å². The van der Waals surface area contributed by atoms with Crippen LogP contribution in [0.25, 0.3) is 0 Å². The van der Waals surface area contributed by atoms with E-state index >= 15 is 0 Å². The fourth-order valence-electron chi connectivity index (χ4n) is 0.737. The summed E-state index contributed by atoms with van der Waals surface area (Å²) in [6.07, 6.45) is -3.15. The molecule has 15 heavy (non-hydrogen) atoms. The molecular formula is C8H10F3NO2S. The number of sulfone groups is 1. The average molecular weight is 241 g/mol. The molecule has 0 atom stereocenters. The maximum Gasteiger partial charge on any atom is 0.389 e. The second-order valence-corrected chi connectivity index (χ2v) is 4.95. The van der Waals surface area contributed by atoms with E-state index in [4.69, 9.17) is 5.26 Å². The van der Waals surface area contributed by atoms with Crippen molar-refractivity contribution in [2.24, 2.45) is 0 Å². The van der Waals surface area contributed by atoms with Gasteiger partial charge in [0.15, 0.2) is 9.84 Å². The van der Waals surface area contributed by atoms with E-state index in [0.29, 0.717) is 0 Å². The summed E-state index contributed by atoms with van der Waals surface area (Å²) in [4.78, 5) is 0. The van der Waals surface area contributed by atoms with E-state index in [0.717, 1.165) is 12.2 Å². The molecule has 0 aromatic carbocycles. The summed E-state index contributed by atoms with van der Waals surface area (Å²) in [5.74, 6) is -1.00. The zero-order valence-electron chi connectivity index (χ0n) is 7.79. The number of nitrogens with zero attached hydrogens (tertiary/aromatic N) is 1. The van der Waals surface area contributed by atoms with Crippen LogP contribution in [0, 0.1) is 11.3 Å². The molecule has 0 aliphatic carbocycles. The summed E-state index contributed by atoms with van der Waals surface area (Å²) >= 11 is 0. The van der Waals surface area contributed by atoms with Crippen molar-refractivity contribution in [2.75, 3.05) is 11.5 Å². The maximum atomic E-state index is 11.6. The maximum absolute atomic E-state index is 11.6. The lowest BCUT2D eigenvalue weighted by molar-refractivity contribution is -0.133. The summed E-state index contributed by atoms with van der Waals surface area (Å²) in [5.41, 5.74) is 0. The van der Waals surface area contributed by atoms with Gasteiger partial charge in [0.05, 0.1) is 11.8 Å². The number of rotatable bonds is 5. The van der Waals surface area contributed by atoms with Gasteiger partial charge >= 0.3 is 6.18 Å². The topological polar surface area (TPSA) is 57.9 Å². The van der Waals surface area contributed by atoms with Crippen molar-refractivity contribution in [2.45, 2.75) is 19.0 Å². The smallest absolute Gasteiger partial charge is 0.227 e. The van der Waals surface area contributed by atoms with Crippen LogP contribution < -0.4 is 0 Å². The molecule has 0 amide bonds. The fraction of sp³-hybridized carbons (Fsp3) is 0.625. The Morgan fingerprint density at radius 1 is 1.27 bits per heavy atom. The van der Waals surface area contributed by atoms with Crippen LogP contribution in [-0.2, 0) is 9.84 Å². The normalized spacial score (nSPS) is 12.9. The van der Waals surface area contributed by atoms with Crippen molar-refractivity contribution >= 4 is 9.84 Å².